The van der Waals surface area contributed by atoms with E-state index in [1.807, 2.05) is 19.9 Å². The lowest BCUT2D eigenvalue weighted by Gasteiger charge is -2.08. The van der Waals surface area contributed by atoms with Gasteiger partial charge < -0.3 is 4.74 Å². The van der Waals surface area contributed by atoms with Gasteiger partial charge in [-0.1, -0.05) is 0 Å². The fourth-order valence-corrected chi connectivity index (χ4v) is 1.93. The van der Waals surface area contributed by atoms with Gasteiger partial charge in [-0.05, 0) is 13.8 Å². The van der Waals surface area contributed by atoms with Gasteiger partial charge in [-0.15, -0.1) is 0 Å². The minimum absolute atomic E-state index is 0.0213. The molecule has 1 rings (SSSR count). The third-order valence-corrected chi connectivity index (χ3v) is 3.04. The van der Waals surface area contributed by atoms with Gasteiger partial charge in [0.05, 0.1) is 24.7 Å². The maximum atomic E-state index is 11.6. The Morgan fingerprint density at radius 1 is 1.65 bits per heavy atom. The Balaban J connectivity index is 2.59. The van der Waals surface area contributed by atoms with Crippen LogP contribution in [-0.4, -0.2) is 37.1 Å². The summed E-state index contributed by atoms with van der Waals surface area (Å²) in [6, 6.07) is 1.82. The number of sulfonamides is 1. The van der Waals surface area contributed by atoms with E-state index in [-0.39, 0.29) is 29.8 Å². The van der Waals surface area contributed by atoms with Gasteiger partial charge in [0, 0.05) is 0 Å². The van der Waals surface area contributed by atoms with Crippen molar-refractivity contribution in [3.8, 4) is 6.07 Å². The first-order valence-electron chi connectivity index (χ1n) is 5.00. The number of nitriles is 1. The molecule has 0 aliphatic rings. The summed E-state index contributed by atoms with van der Waals surface area (Å²) in [6.45, 7) is 3.74. The van der Waals surface area contributed by atoms with Crippen LogP contribution in [-0.2, 0) is 14.8 Å². The Morgan fingerprint density at radius 3 is 2.94 bits per heavy atom. The lowest BCUT2D eigenvalue weighted by Crippen LogP contribution is -2.22. The molecule has 0 amide bonds. The van der Waals surface area contributed by atoms with Gasteiger partial charge in [-0.2, -0.15) is 10.4 Å². The molecule has 0 bridgehead atoms. The van der Waals surface area contributed by atoms with Crippen LogP contribution in [0.15, 0.2) is 6.20 Å². The Labute approximate surface area is 99.8 Å². The first-order valence-corrected chi connectivity index (χ1v) is 6.65. The average molecular weight is 258 g/mol. The monoisotopic (exact) mass is 258 g/mol. The number of aromatic amines is 1. The molecule has 0 spiro atoms. The van der Waals surface area contributed by atoms with E-state index < -0.39 is 10.0 Å². The van der Waals surface area contributed by atoms with E-state index in [0.717, 1.165) is 0 Å². The number of nitrogens with zero attached hydrogens (tertiary/aromatic N) is 2. The summed E-state index contributed by atoms with van der Waals surface area (Å²) in [6.07, 6.45) is 1.23. The summed E-state index contributed by atoms with van der Waals surface area (Å²) < 4.78 is 30.6. The van der Waals surface area contributed by atoms with E-state index in [9.17, 15) is 8.42 Å². The van der Waals surface area contributed by atoms with Gasteiger partial charge in [0.25, 0.3) is 0 Å². The van der Waals surface area contributed by atoms with Crippen LogP contribution in [0.5, 0.6) is 0 Å². The maximum Gasteiger partial charge on any atom is 0.236 e. The van der Waals surface area contributed by atoms with Gasteiger partial charge >= 0.3 is 0 Å². The molecule has 1 aromatic heterocycles. The van der Waals surface area contributed by atoms with Crippen LogP contribution < -0.4 is 4.72 Å². The molecular formula is C9H14N4O3S. The van der Waals surface area contributed by atoms with Crippen LogP contribution in [0.25, 0.3) is 0 Å². The second kappa shape index (κ2) is 5.65. The molecule has 0 fully saturated rings. The normalized spacial score (nSPS) is 11.4. The molecule has 2 N–H and O–H groups in total. The number of H-pyrrole nitrogens is 1. The van der Waals surface area contributed by atoms with Gasteiger partial charge in [0.15, 0.2) is 5.82 Å². The van der Waals surface area contributed by atoms with Crippen molar-refractivity contribution in [1.82, 2.24) is 10.2 Å². The third kappa shape index (κ3) is 4.42. The summed E-state index contributed by atoms with van der Waals surface area (Å²) in [5, 5.41) is 14.7. The maximum absolute atomic E-state index is 11.6. The summed E-state index contributed by atoms with van der Waals surface area (Å²) in [4.78, 5) is 0. The molecular weight excluding hydrogens is 244 g/mol. The van der Waals surface area contributed by atoms with Crippen molar-refractivity contribution < 1.29 is 13.2 Å². The second-order valence-electron chi connectivity index (χ2n) is 3.61. The van der Waals surface area contributed by atoms with Crippen molar-refractivity contribution in [1.29, 1.82) is 5.26 Å². The van der Waals surface area contributed by atoms with Crippen molar-refractivity contribution >= 4 is 15.8 Å². The molecule has 1 aromatic rings. The first-order chi connectivity index (χ1) is 7.94. The largest absolute Gasteiger partial charge is 0.378 e. The standard InChI is InChI=1S/C9H14N4O3S/c1-7(2)16-3-4-17(14,15)13-9-8(5-10)6-11-12-9/h6-7H,3-4H2,1-2H3,(H2,11,12,13). The Hall–Kier alpha value is -1.59. The van der Waals surface area contributed by atoms with Crippen molar-refractivity contribution in [2.75, 3.05) is 17.1 Å². The Morgan fingerprint density at radius 2 is 2.35 bits per heavy atom. The summed E-state index contributed by atoms with van der Waals surface area (Å²) in [5.41, 5.74) is 0.151. The predicted molar refractivity (Wildman–Crippen MR) is 61.8 cm³/mol. The molecule has 0 saturated carbocycles. The zero-order chi connectivity index (χ0) is 12.9. The van der Waals surface area contributed by atoms with Crippen LogP contribution in [0.4, 0.5) is 5.82 Å². The van der Waals surface area contributed by atoms with E-state index in [4.69, 9.17) is 10.00 Å². The van der Waals surface area contributed by atoms with E-state index in [1.165, 1.54) is 6.20 Å². The van der Waals surface area contributed by atoms with Crippen molar-refractivity contribution in [3.63, 3.8) is 0 Å². The van der Waals surface area contributed by atoms with Gasteiger partial charge in [-0.3, -0.25) is 9.82 Å². The fraction of sp³-hybridized carbons (Fsp3) is 0.556. The number of hydrogen-bond donors (Lipinski definition) is 2. The van der Waals surface area contributed by atoms with Crippen LogP contribution in [0, 0.1) is 11.3 Å². The van der Waals surface area contributed by atoms with Crippen molar-refractivity contribution in [3.05, 3.63) is 11.8 Å². The second-order valence-corrected chi connectivity index (χ2v) is 5.45. The van der Waals surface area contributed by atoms with E-state index in [2.05, 4.69) is 14.9 Å². The highest BCUT2D eigenvalue weighted by Crippen LogP contribution is 2.11. The lowest BCUT2D eigenvalue weighted by atomic mass is 10.4. The molecule has 0 radical (unpaired) electrons. The molecule has 0 atom stereocenters. The third-order valence-electron chi connectivity index (χ3n) is 1.82. The van der Waals surface area contributed by atoms with Crippen molar-refractivity contribution in [2.45, 2.75) is 20.0 Å². The fourth-order valence-electron chi connectivity index (χ4n) is 1.05. The number of aromatic nitrogens is 2. The predicted octanol–water partition coefficient (Wildman–Crippen LogP) is 0.448. The summed E-state index contributed by atoms with van der Waals surface area (Å²) in [5.74, 6) is -0.0910. The molecule has 0 aromatic carbocycles. The highest BCUT2D eigenvalue weighted by molar-refractivity contribution is 7.92. The summed E-state index contributed by atoms with van der Waals surface area (Å²) in [7, 11) is -3.53. The zero-order valence-electron chi connectivity index (χ0n) is 9.60. The Kier molecular flexibility index (Phi) is 4.48. The quantitative estimate of drug-likeness (QED) is 0.770. The van der Waals surface area contributed by atoms with Crippen LogP contribution in [0.1, 0.15) is 19.4 Å². The molecule has 0 aliphatic heterocycles. The highest BCUT2D eigenvalue weighted by Gasteiger charge is 2.14. The minimum atomic E-state index is -3.53. The van der Waals surface area contributed by atoms with E-state index >= 15 is 0 Å². The van der Waals surface area contributed by atoms with Crippen LogP contribution in [0.3, 0.4) is 0 Å². The highest BCUT2D eigenvalue weighted by atomic mass is 32.2. The van der Waals surface area contributed by atoms with Crippen LogP contribution in [0.2, 0.25) is 0 Å². The Bertz CT molecular complexity index is 501. The lowest BCUT2D eigenvalue weighted by molar-refractivity contribution is 0.0913. The molecule has 0 unspecified atom stereocenters. The smallest absolute Gasteiger partial charge is 0.236 e. The number of nitrogens with one attached hydrogen (secondary N) is 2. The van der Waals surface area contributed by atoms with Gasteiger partial charge in [0.1, 0.15) is 11.6 Å². The molecule has 17 heavy (non-hydrogen) atoms. The molecule has 8 heteroatoms. The number of ether oxygens (including phenoxy) is 1. The van der Waals surface area contributed by atoms with Crippen molar-refractivity contribution in [2.24, 2.45) is 0 Å². The van der Waals surface area contributed by atoms with Gasteiger partial charge in [-0.25, -0.2) is 8.42 Å². The molecule has 1 heterocycles. The van der Waals surface area contributed by atoms with Crippen LogP contribution >= 0.6 is 0 Å². The minimum Gasteiger partial charge on any atom is -0.378 e. The summed E-state index contributed by atoms with van der Waals surface area (Å²) >= 11 is 0. The van der Waals surface area contributed by atoms with Gasteiger partial charge in [0.2, 0.25) is 10.0 Å². The van der Waals surface area contributed by atoms with E-state index in [1.54, 1.807) is 0 Å². The molecule has 0 saturated heterocycles. The number of rotatable bonds is 6. The molecule has 0 aliphatic carbocycles. The molecule has 94 valence electrons. The SMILES string of the molecule is CC(C)OCCS(=O)(=O)Nc1[nH]ncc1C#N. The average Bonchev–Trinajstić information content (AvgIpc) is 2.63. The molecule has 7 nitrogen and oxygen atoms in total. The number of anilines is 1. The topological polar surface area (TPSA) is 108 Å². The zero-order valence-corrected chi connectivity index (χ0v) is 10.4. The van der Waals surface area contributed by atoms with E-state index in [0.29, 0.717) is 0 Å². The number of hydrogen-bond acceptors (Lipinski definition) is 5. The first kappa shape index (κ1) is 13.5.